The zero-order chi connectivity index (χ0) is 18.3. The standard InChI is InChI=1S/C18H15ClF3NO2/c19-16-9-5-4-8-14(16)12-25-17(24)15(18(20,21)22)11-23-10-13-6-2-1-3-7-13/h1-9,11,23H,10,12H2/b15-11+. The number of halogens is 4. The van der Waals surface area contributed by atoms with Crippen LogP contribution in [-0.4, -0.2) is 12.1 Å². The zero-order valence-electron chi connectivity index (χ0n) is 13.0. The Morgan fingerprint density at radius 1 is 1.08 bits per heavy atom. The molecule has 7 heteroatoms. The monoisotopic (exact) mass is 369 g/mol. The van der Waals surface area contributed by atoms with Crippen LogP contribution in [0.15, 0.2) is 66.4 Å². The van der Waals surface area contributed by atoms with Crippen LogP contribution in [0.5, 0.6) is 0 Å². The molecule has 0 radical (unpaired) electrons. The molecular weight excluding hydrogens is 355 g/mol. The van der Waals surface area contributed by atoms with Gasteiger partial charge in [-0.1, -0.05) is 60.1 Å². The van der Waals surface area contributed by atoms with E-state index in [4.69, 9.17) is 16.3 Å². The van der Waals surface area contributed by atoms with Gasteiger partial charge in [0.2, 0.25) is 0 Å². The van der Waals surface area contributed by atoms with E-state index < -0.39 is 17.7 Å². The van der Waals surface area contributed by atoms with Crippen molar-refractivity contribution in [2.45, 2.75) is 19.3 Å². The first-order valence-electron chi connectivity index (χ1n) is 7.33. The summed E-state index contributed by atoms with van der Waals surface area (Å²) in [6.45, 7) is -0.192. The third-order valence-corrected chi connectivity index (χ3v) is 3.61. The third-order valence-electron chi connectivity index (χ3n) is 3.24. The number of carbonyl (C=O) groups is 1. The quantitative estimate of drug-likeness (QED) is 0.596. The van der Waals surface area contributed by atoms with E-state index in [9.17, 15) is 18.0 Å². The summed E-state index contributed by atoms with van der Waals surface area (Å²) in [6.07, 6.45) is -4.21. The summed E-state index contributed by atoms with van der Waals surface area (Å²) >= 11 is 5.89. The van der Waals surface area contributed by atoms with Crippen molar-refractivity contribution < 1.29 is 22.7 Å². The van der Waals surface area contributed by atoms with Crippen LogP contribution < -0.4 is 5.32 Å². The van der Waals surface area contributed by atoms with Crippen LogP contribution in [0.4, 0.5) is 13.2 Å². The summed E-state index contributed by atoms with van der Waals surface area (Å²) in [5.41, 5.74) is -0.198. The molecule has 2 rings (SSSR count). The van der Waals surface area contributed by atoms with Crippen LogP contribution in [0.3, 0.4) is 0 Å². The lowest BCUT2D eigenvalue weighted by Gasteiger charge is -2.12. The van der Waals surface area contributed by atoms with Gasteiger partial charge in [0.15, 0.2) is 5.57 Å². The summed E-state index contributed by atoms with van der Waals surface area (Å²) in [6, 6.07) is 15.3. The van der Waals surface area contributed by atoms with Crippen molar-refractivity contribution in [1.82, 2.24) is 5.32 Å². The Morgan fingerprint density at radius 2 is 1.72 bits per heavy atom. The molecular formula is C18H15ClF3NO2. The second kappa shape index (κ2) is 8.58. The molecule has 0 heterocycles. The minimum atomic E-state index is -4.83. The Hall–Kier alpha value is -2.47. The lowest BCUT2D eigenvalue weighted by molar-refractivity contribution is -0.152. The second-order valence-corrected chi connectivity index (χ2v) is 5.50. The highest BCUT2D eigenvalue weighted by atomic mass is 35.5. The first-order valence-corrected chi connectivity index (χ1v) is 7.71. The Morgan fingerprint density at radius 3 is 2.36 bits per heavy atom. The van der Waals surface area contributed by atoms with Gasteiger partial charge in [-0.2, -0.15) is 13.2 Å². The van der Waals surface area contributed by atoms with Crippen LogP contribution in [0.1, 0.15) is 11.1 Å². The number of hydrogen-bond acceptors (Lipinski definition) is 3. The Bertz CT molecular complexity index is 745. The first kappa shape index (κ1) is 18.9. The molecule has 0 bridgehead atoms. The molecule has 0 unspecified atom stereocenters. The van der Waals surface area contributed by atoms with E-state index in [1.807, 2.05) is 0 Å². The minimum absolute atomic E-state index is 0.151. The predicted molar refractivity (Wildman–Crippen MR) is 88.7 cm³/mol. The minimum Gasteiger partial charge on any atom is -0.457 e. The topological polar surface area (TPSA) is 38.3 Å². The number of hydrogen-bond donors (Lipinski definition) is 1. The van der Waals surface area contributed by atoms with Crippen molar-refractivity contribution in [2.75, 3.05) is 0 Å². The molecule has 0 aliphatic carbocycles. The maximum absolute atomic E-state index is 13.1. The van der Waals surface area contributed by atoms with Gasteiger partial charge in [0.1, 0.15) is 6.61 Å². The van der Waals surface area contributed by atoms with Gasteiger partial charge in [0.05, 0.1) is 0 Å². The van der Waals surface area contributed by atoms with E-state index in [1.165, 1.54) is 0 Å². The lowest BCUT2D eigenvalue weighted by Crippen LogP contribution is -2.24. The van der Waals surface area contributed by atoms with Gasteiger partial charge >= 0.3 is 12.1 Å². The van der Waals surface area contributed by atoms with Gasteiger partial charge in [-0.05, 0) is 11.6 Å². The predicted octanol–water partition coefficient (Wildman–Crippen LogP) is 4.62. The van der Waals surface area contributed by atoms with Crippen LogP contribution >= 0.6 is 11.6 Å². The number of rotatable bonds is 6. The molecule has 25 heavy (non-hydrogen) atoms. The highest BCUT2D eigenvalue weighted by molar-refractivity contribution is 6.31. The van der Waals surface area contributed by atoms with Crippen LogP contribution in [0.25, 0.3) is 0 Å². The van der Waals surface area contributed by atoms with Crippen molar-refractivity contribution in [3.05, 3.63) is 82.5 Å². The smallest absolute Gasteiger partial charge is 0.424 e. The van der Waals surface area contributed by atoms with Crippen molar-refractivity contribution in [1.29, 1.82) is 0 Å². The lowest BCUT2D eigenvalue weighted by atomic mass is 10.2. The molecule has 0 atom stereocenters. The number of ether oxygens (including phenoxy) is 1. The molecule has 132 valence electrons. The van der Waals surface area contributed by atoms with Gasteiger partial charge in [-0.3, -0.25) is 0 Å². The summed E-state index contributed by atoms with van der Waals surface area (Å²) in [7, 11) is 0. The van der Waals surface area contributed by atoms with E-state index in [0.29, 0.717) is 16.8 Å². The summed E-state index contributed by atoms with van der Waals surface area (Å²) in [5, 5.41) is 2.80. The molecule has 0 fully saturated rings. The fourth-order valence-electron chi connectivity index (χ4n) is 1.96. The van der Waals surface area contributed by atoms with E-state index >= 15 is 0 Å². The maximum atomic E-state index is 13.1. The molecule has 2 aromatic rings. The number of carbonyl (C=O) groups excluding carboxylic acids is 1. The Balaban J connectivity index is 2.02. The third kappa shape index (κ3) is 5.83. The average Bonchev–Trinajstić information content (AvgIpc) is 2.57. The second-order valence-electron chi connectivity index (χ2n) is 5.09. The molecule has 0 aliphatic rings. The number of esters is 1. The van der Waals surface area contributed by atoms with Crippen molar-refractivity contribution >= 4 is 17.6 Å². The van der Waals surface area contributed by atoms with Crippen LogP contribution in [-0.2, 0) is 22.7 Å². The van der Waals surface area contributed by atoms with E-state index in [2.05, 4.69) is 5.32 Å². The highest BCUT2D eigenvalue weighted by Crippen LogP contribution is 2.27. The highest BCUT2D eigenvalue weighted by Gasteiger charge is 2.40. The van der Waals surface area contributed by atoms with Gasteiger partial charge in [-0.15, -0.1) is 0 Å². The molecule has 2 aromatic carbocycles. The van der Waals surface area contributed by atoms with Gasteiger partial charge in [0.25, 0.3) is 0 Å². The van der Waals surface area contributed by atoms with Gasteiger partial charge in [0, 0.05) is 23.3 Å². The van der Waals surface area contributed by atoms with Crippen LogP contribution in [0, 0.1) is 0 Å². The average molecular weight is 370 g/mol. The molecule has 0 saturated carbocycles. The molecule has 0 aromatic heterocycles. The maximum Gasteiger partial charge on any atom is 0.424 e. The summed E-state index contributed by atoms with van der Waals surface area (Å²) in [4.78, 5) is 11.8. The van der Waals surface area contributed by atoms with E-state index in [-0.39, 0.29) is 13.2 Å². The van der Waals surface area contributed by atoms with Crippen molar-refractivity contribution in [3.8, 4) is 0 Å². The Labute approximate surface area is 148 Å². The molecule has 3 nitrogen and oxygen atoms in total. The largest absolute Gasteiger partial charge is 0.457 e. The normalized spacial score (nSPS) is 11.9. The zero-order valence-corrected chi connectivity index (χ0v) is 13.8. The SMILES string of the molecule is O=C(OCc1ccccc1Cl)/C(=C\NCc1ccccc1)C(F)(F)F. The molecule has 0 spiro atoms. The van der Waals surface area contributed by atoms with Crippen molar-refractivity contribution in [3.63, 3.8) is 0 Å². The molecule has 0 aliphatic heterocycles. The van der Waals surface area contributed by atoms with Gasteiger partial charge in [-0.25, -0.2) is 4.79 Å². The first-order chi connectivity index (χ1) is 11.9. The van der Waals surface area contributed by atoms with E-state index in [1.54, 1.807) is 54.6 Å². The Kier molecular flexibility index (Phi) is 6.47. The molecule has 1 N–H and O–H groups in total. The fraction of sp³-hybridized carbons (Fsp3) is 0.167. The summed E-state index contributed by atoms with van der Waals surface area (Å²) in [5.74, 6) is -1.46. The molecule has 0 amide bonds. The van der Waals surface area contributed by atoms with Crippen LogP contribution in [0.2, 0.25) is 5.02 Å². The van der Waals surface area contributed by atoms with E-state index in [0.717, 1.165) is 5.56 Å². The number of alkyl halides is 3. The van der Waals surface area contributed by atoms with Crippen molar-refractivity contribution in [2.24, 2.45) is 0 Å². The number of nitrogens with one attached hydrogen (secondary N) is 1. The van der Waals surface area contributed by atoms with Gasteiger partial charge < -0.3 is 10.1 Å². The summed E-state index contributed by atoms with van der Waals surface area (Å²) < 4.78 is 43.9. The number of benzene rings is 2. The fourth-order valence-corrected chi connectivity index (χ4v) is 2.15. The molecule has 0 saturated heterocycles.